The number of thioether (sulfide) groups is 1. The van der Waals surface area contributed by atoms with Crippen LogP contribution in [0.4, 0.5) is 4.79 Å². The third kappa shape index (κ3) is 4.51. The van der Waals surface area contributed by atoms with Gasteiger partial charge in [0.15, 0.2) is 5.16 Å². The summed E-state index contributed by atoms with van der Waals surface area (Å²) in [5, 5.41) is 6.66. The lowest BCUT2D eigenvalue weighted by Crippen LogP contribution is -2.48. The number of hydrogen-bond donors (Lipinski definition) is 2. The van der Waals surface area contributed by atoms with E-state index in [0.29, 0.717) is 16.1 Å². The molecule has 26 heavy (non-hydrogen) atoms. The first-order chi connectivity index (χ1) is 12.4. The van der Waals surface area contributed by atoms with Crippen LogP contribution in [0.25, 0.3) is 11.0 Å². The second-order valence-corrected chi connectivity index (χ2v) is 8.14. The monoisotopic (exact) mass is 394 g/mol. The van der Waals surface area contributed by atoms with Crippen molar-refractivity contribution in [1.29, 1.82) is 0 Å². The van der Waals surface area contributed by atoms with Crippen LogP contribution in [-0.4, -0.2) is 33.3 Å². The van der Waals surface area contributed by atoms with Gasteiger partial charge in [0.25, 0.3) is 0 Å². The van der Waals surface area contributed by atoms with Crippen LogP contribution in [0.3, 0.4) is 0 Å². The molecule has 1 aromatic heterocycles. The topological polar surface area (TPSA) is 76.0 Å². The van der Waals surface area contributed by atoms with Gasteiger partial charge in [0.05, 0.1) is 16.8 Å². The van der Waals surface area contributed by atoms with Crippen LogP contribution < -0.4 is 10.6 Å². The number of rotatable bonds is 4. The number of carbonyl (C=O) groups excluding carboxylic acids is 2. The number of imidazole rings is 1. The van der Waals surface area contributed by atoms with Crippen LogP contribution in [0.2, 0.25) is 5.02 Å². The molecular formula is C18H23ClN4O2S. The third-order valence-electron chi connectivity index (χ3n) is 4.82. The minimum Gasteiger partial charge on any atom is -0.335 e. The molecule has 2 atom stereocenters. The molecule has 3 amide bonds. The van der Waals surface area contributed by atoms with Gasteiger partial charge in [-0.2, -0.15) is 0 Å². The molecule has 1 aliphatic carbocycles. The van der Waals surface area contributed by atoms with E-state index in [2.05, 4.69) is 22.5 Å². The van der Waals surface area contributed by atoms with E-state index in [1.165, 1.54) is 18.2 Å². The first kappa shape index (κ1) is 19.0. The van der Waals surface area contributed by atoms with Crippen molar-refractivity contribution in [1.82, 2.24) is 20.2 Å². The zero-order valence-corrected chi connectivity index (χ0v) is 16.5. The summed E-state index contributed by atoms with van der Waals surface area (Å²) in [6, 6.07) is 5.23. The van der Waals surface area contributed by atoms with Crippen LogP contribution in [0.5, 0.6) is 0 Å². The smallest absolute Gasteiger partial charge is 0.321 e. The summed E-state index contributed by atoms with van der Waals surface area (Å²) in [4.78, 5) is 28.6. The molecule has 140 valence electrons. The van der Waals surface area contributed by atoms with Crippen LogP contribution in [0.1, 0.15) is 32.6 Å². The number of hydrogen-bond acceptors (Lipinski definition) is 4. The van der Waals surface area contributed by atoms with Gasteiger partial charge in [-0.05, 0) is 37.0 Å². The van der Waals surface area contributed by atoms with Gasteiger partial charge >= 0.3 is 6.03 Å². The molecule has 8 heteroatoms. The average Bonchev–Trinajstić information content (AvgIpc) is 2.90. The van der Waals surface area contributed by atoms with Crippen LogP contribution in [-0.2, 0) is 11.8 Å². The lowest BCUT2D eigenvalue weighted by atomic mass is 9.86. The number of fused-ring (bicyclic) bond motifs is 1. The molecule has 0 aliphatic heterocycles. The highest BCUT2D eigenvalue weighted by atomic mass is 35.5. The Labute approximate surface area is 162 Å². The molecular weight excluding hydrogens is 372 g/mol. The van der Waals surface area contributed by atoms with Crippen molar-refractivity contribution in [3.8, 4) is 0 Å². The zero-order valence-electron chi connectivity index (χ0n) is 14.9. The fourth-order valence-corrected chi connectivity index (χ4v) is 4.26. The maximum atomic E-state index is 12.1. The Kier molecular flexibility index (Phi) is 6.09. The first-order valence-electron chi connectivity index (χ1n) is 8.79. The normalized spacial score (nSPS) is 20.1. The molecule has 0 bridgehead atoms. The first-order valence-corrected chi connectivity index (χ1v) is 10.2. The Morgan fingerprint density at radius 3 is 2.88 bits per heavy atom. The van der Waals surface area contributed by atoms with Crippen molar-refractivity contribution in [2.75, 3.05) is 5.75 Å². The molecule has 0 radical (unpaired) electrons. The maximum absolute atomic E-state index is 12.1. The number of amides is 3. The van der Waals surface area contributed by atoms with Gasteiger partial charge in [0.2, 0.25) is 5.91 Å². The summed E-state index contributed by atoms with van der Waals surface area (Å²) in [6.07, 6.45) is 4.42. The van der Waals surface area contributed by atoms with Gasteiger partial charge in [-0.1, -0.05) is 43.1 Å². The Morgan fingerprint density at radius 2 is 2.12 bits per heavy atom. The molecule has 1 saturated carbocycles. The molecule has 1 fully saturated rings. The number of aryl methyl sites for hydroxylation is 1. The van der Waals surface area contributed by atoms with Gasteiger partial charge in [0, 0.05) is 18.1 Å². The zero-order chi connectivity index (χ0) is 18.7. The minimum atomic E-state index is -0.411. The number of urea groups is 1. The molecule has 1 heterocycles. The summed E-state index contributed by atoms with van der Waals surface area (Å²) in [5.74, 6) is 0.241. The van der Waals surface area contributed by atoms with E-state index in [9.17, 15) is 9.59 Å². The fraction of sp³-hybridized carbons (Fsp3) is 0.500. The van der Waals surface area contributed by atoms with Crippen molar-refractivity contribution in [3.05, 3.63) is 23.2 Å². The maximum Gasteiger partial charge on any atom is 0.321 e. The summed E-state index contributed by atoms with van der Waals surface area (Å²) < 4.78 is 1.91. The Hall–Kier alpha value is -1.73. The fourth-order valence-electron chi connectivity index (χ4n) is 3.31. The molecule has 0 saturated heterocycles. The predicted molar refractivity (Wildman–Crippen MR) is 105 cm³/mol. The van der Waals surface area contributed by atoms with Crippen molar-refractivity contribution in [3.63, 3.8) is 0 Å². The Bertz CT molecular complexity index is 823. The van der Waals surface area contributed by atoms with Gasteiger partial charge in [-0.3, -0.25) is 10.1 Å². The second-order valence-electron chi connectivity index (χ2n) is 6.76. The SMILES string of the molecule is CC1CCCCC1NC(=O)NC(=O)CSc1nc2cc(Cl)ccc2n1C. The number of nitrogens with one attached hydrogen (secondary N) is 2. The molecule has 1 aliphatic rings. The average molecular weight is 395 g/mol. The van der Waals surface area contributed by atoms with E-state index in [4.69, 9.17) is 11.6 Å². The van der Waals surface area contributed by atoms with Gasteiger partial charge in [-0.15, -0.1) is 0 Å². The lowest BCUT2D eigenvalue weighted by Gasteiger charge is -2.29. The van der Waals surface area contributed by atoms with E-state index >= 15 is 0 Å². The third-order valence-corrected chi connectivity index (χ3v) is 6.08. The highest BCUT2D eigenvalue weighted by Gasteiger charge is 2.23. The van der Waals surface area contributed by atoms with E-state index in [-0.39, 0.29) is 17.7 Å². The summed E-state index contributed by atoms with van der Waals surface area (Å²) in [7, 11) is 1.89. The van der Waals surface area contributed by atoms with Crippen LogP contribution in [0, 0.1) is 5.92 Å². The number of nitrogens with zero attached hydrogens (tertiary/aromatic N) is 2. The van der Waals surface area contributed by atoms with Gasteiger partial charge in [0.1, 0.15) is 0 Å². The quantitative estimate of drug-likeness (QED) is 0.775. The van der Waals surface area contributed by atoms with E-state index in [1.807, 2.05) is 23.7 Å². The molecule has 1 aromatic carbocycles. The van der Waals surface area contributed by atoms with Gasteiger partial charge in [-0.25, -0.2) is 9.78 Å². The molecule has 2 aromatic rings. The number of aromatic nitrogens is 2. The Morgan fingerprint density at radius 1 is 1.35 bits per heavy atom. The molecule has 0 spiro atoms. The summed E-state index contributed by atoms with van der Waals surface area (Å²) in [6.45, 7) is 2.14. The second kappa shape index (κ2) is 8.31. The molecule has 2 N–H and O–H groups in total. The highest BCUT2D eigenvalue weighted by molar-refractivity contribution is 7.99. The van der Waals surface area contributed by atoms with E-state index < -0.39 is 6.03 Å². The number of halogens is 1. The van der Waals surface area contributed by atoms with Crippen LogP contribution >= 0.6 is 23.4 Å². The predicted octanol–water partition coefficient (Wildman–Crippen LogP) is 3.72. The molecule has 2 unspecified atom stereocenters. The highest BCUT2D eigenvalue weighted by Crippen LogP contribution is 2.25. The summed E-state index contributed by atoms with van der Waals surface area (Å²) >= 11 is 7.28. The number of benzene rings is 1. The largest absolute Gasteiger partial charge is 0.335 e. The van der Waals surface area contributed by atoms with Crippen molar-refractivity contribution in [2.45, 2.75) is 43.8 Å². The van der Waals surface area contributed by atoms with E-state index in [1.54, 1.807) is 6.07 Å². The molecule has 6 nitrogen and oxygen atoms in total. The lowest BCUT2D eigenvalue weighted by molar-refractivity contribution is -0.117. The van der Waals surface area contributed by atoms with E-state index in [0.717, 1.165) is 30.3 Å². The number of carbonyl (C=O) groups is 2. The number of imide groups is 1. The van der Waals surface area contributed by atoms with Crippen molar-refractivity contribution in [2.24, 2.45) is 13.0 Å². The van der Waals surface area contributed by atoms with Crippen molar-refractivity contribution < 1.29 is 9.59 Å². The van der Waals surface area contributed by atoms with Crippen LogP contribution in [0.15, 0.2) is 23.4 Å². The standard InChI is InChI=1S/C18H23ClN4O2S/c1-11-5-3-4-6-13(11)20-17(25)22-16(24)10-26-18-21-14-9-12(19)7-8-15(14)23(18)2/h7-9,11,13H,3-6,10H2,1-2H3,(H2,20,22,24,25). The minimum absolute atomic E-state index is 0.124. The Balaban J connectivity index is 1.52. The van der Waals surface area contributed by atoms with Crippen molar-refractivity contribution >= 4 is 46.3 Å². The van der Waals surface area contributed by atoms with Gasteiger partial charge < -0.3 is 9.88 Å². The molecule has 3 rings (SSSR count). The summed E-state index contributed by atoms with van der Waals surface area (Å²) in [5.41, 5.74) is 1.73.